The van der Waals surface area contributed by atoms with Crippen LogP contribution in [0.15, 0.2) is 59.0 Å². The van der Waals surface area contributed by atoms with Crippen molar-refractivity contribution in [1.29, 1.82) is 5.26 Å². The monoisotopic (exact) mass is 529 g/mol. The van der Waals surface area contributed by atoms with Gasteiger partial charge in [-0.05, 0) is 30.3 Å². The van der Waals surface area contributed by atoms with Crippen LogP contribution >= 0.6 is 46.1 Å². The third-order valence-electron chi connectivity index (χ3n) is 4.89. The smallest absolute Gasteiger partial charge is 0.259 e. The van der Waals surface area contributed by atoms with Crippen LogP contribution in [0.25, 0.3) is 20.9 Å². The van der Waals surface area contributed by atoms with Crippen LogP contribution in [0, 0.1) is 17.1 Å². The van der Waals surface area contributed by atoms with Crippen LogP contribution in [0.3, 0.4) is 0 Å². The molecular weight excluding hydrogens is 520 g/mol. The zero-order chi connectivity index (χ0) is 23.8. The average Bonchev–Trinajstić information content (AvgIpc) is 3.42. The highest BCUT2D eigenvalue weighted by Crippen LogP contribution is 2.41. The minimum absolute atomic E-state index is 0.00781. The van der Waals surface area contributed by atoms with Gasteiger partial charge in [-0.15, -0.1) is 21.5 Å². The molecule has 10 heteroatoms. The lowest BCUT2D eigenvalue weighted by molar-refractivity contribution is 0.437. The Labute approximate surface area is 211 Å². The highest BCUT2D eigenvalue weighted by Gasteiger charge is 2.20. The molecule has 5 nitrogen and oxygen atoms in total. The van der Waals surface area contributed by atoms with E-state index in [-0.39, 0.29) is 50.9 Å². The predicted molar refractivity (Wildman–Crippen MR) is 131 cm³/mol. The number of benzene rings is 3. The molecule has 0 atom stereocenters. The van der Waals surface area contributed by atoms with E-state index in [0.29, 0.717) is 9.90 Å². The normalized spacial score (nSPS) is 11.0. The minimum atomic E-state index is -0.689. The van der Waals surface area contributed by atoms with Crippen molar-refractivity contribution in [2.45, 2.75) is 6.42 Å². The number of nitriles is 1. The molecule has 168 valence electrons. The second kappa shape index (κ2) is 9.24. The summed E-state index contributed by atoms with van der Waals surface area (Å²) in [6.07, 6.45) is 0.00781. The summed E-state index contributed by atoms with van der Waals surface area (Å²) >= 11 is 20.1. The van der Waals surface area contributed by atoms with Crippen molar-refractivity contribution in [1.82, 2.24) is 10.2 Å². The maximum absolute atomic E-state index is 15.3. The number of ether oxygens (including phenoxy) is 1. The Kier molecular flexibility index (Phi) is 6.15. The molecule has 5 rings (SSSR count). The van der Waals surface area contributed by atoms with E-state index in [1.165, 1.54) is 41.7 Å². The number of aromatic nitrogens is 2. The van der Waals surface area contributed by atoms with E-state index in [2.05, 4.69) is 10.2 Å². The van der Waals surface area contributed by atoms with Crippen LogP contribution < -0.4 is 4.74 Å². The molecule has 0 N–H and O–H groups in total. The second-order valence-electron chi connectivity index (χ2n) is 7.16. The molecule has 0 aliphatic carbocycles. The highest BCUT2D eigenvalue weighted by atomic mass is 35.5. The Bertz CT molecular complexity index is 1590. The van der Waals surface area contributed by atoms with Crippen molar-refractivity contribution < 1.29 is 13.5 Å². The molecule has 0 radical (unpaired) electrons. The van der Waals surface area contributed by atoms with Gasteiger partial charge in [0, 0.05) is 20.7 Å². The van der Waals surface area contributed by atoms with Crippen LogP contribution in [0.5, 0.6) is 11.5 Å². The molecule has 2 aromatic heterocycles. The van der Waals surface area contributed by atoms with Gasteiger partial charge in [-0.25, -0.2) is 4.39 Å². The number of rotatable bonds is 5. The van der Waals surface area contributed by atoms with E-state index in [4.69, 9.17) is 49.2 Å². The topological polar surface area (TPSA) is 71.9 Å². The first-order valence-electron chi connectivity index (χ1n) is 9.78. The molecule has 3 aromatic carbocycles. The zero-order valence-electron chi connectivity index (χ0n) is 17.0. The standard InChI is InChI=1S/C24H11Cl3FN3O2S/c25-14-7-12(11-29)8-15(10-14)32-22-17(26)6-5-13(21(22)28)9-19-30-31-24(33-19)23-20(27)16-3-1-2-4-18(16)34-23/h1-8,10H,9H2. The van der Waals surface area contributed by atoms with Crippen molar-refractivity contribution in [2.75, 3.05) is 0 Å². The van der Waals surface area contributed by atoms with Crippen LogP contribution in [-0.2, 0) is 6.42 Å². The molecule has 0 saturated carbocycles. The van der Waals surface area contributed by atoms with Crippen LogP contribution in [0.4, 0.5) is 4.39 Å². The van der Waals surface area contributed by atoms with Gasteiger partial charge < -0.3 is 9.15 Å². The first-order valence-corrected chi connectivity index (χ1v) is 11.7. The van der Waals surface area contributed by atoms with Gasteiger partial charge in [0.25, 0.3) is 5.89 Å². The average molecular weight is 531 g/mol. The van der Waals surface area contributed by atoms with Gasteiger partial charge >= 0.3 is 0 Å². The third-order valence-corrected chi connectivity index (χ3v) is 7.07. The fourth-order valence-electron chi connectivity index (χ4n) is 3.34. The van der Waals surface area contributed by atoms with Gasteiger partial charge in [0.15, 0.2) is 11.6 Å². The Morgan fingerprint density at radius 3 is 2.68 bits per heavy atom. The van der Waals surface area contributed by atoms with E-state index >= 15 is 4.39 Å². The van der Waals surface area contributed by atoms with Crippen LogP contribution in [0.2, 0.25) is 15.1 Å². The highest BCUT2D eigenvalue weighted by molar-refractivity contribution is 7.23. The summed E-state index contributed by atoms with van der Waals surface area (Å²) in [6.45, 7) is 0. The lowest BCUT2D eigenvalue weighted by Gasteiger charge is -2.11. The van der Waals surface area contributed by atoms with E-state index in [1.54, 1.807) is 0 Å². The van der Waals surface area contributed by atoms with Crippen molar-refractivity contribution in [2.24, 2.45) is 0 Å². The summed E-state index contributed by atoms with van der Waals surface area (Å²) < 4.78 is 27.7. The molecule has 0 fully saturated rings. The van der Waals surface area contributed by atoms with Gasteiger partial charge in [0.1, 0.15) is 10.6 Å². The first-order chi connectivity index (χ1) is 16.4. The van der Waals surface area contributed by atoms with Crippen molar-refractivity contribution >= 4 is 56.2 Å². The van der Waals surface area contributed by atoms with Crippen LogP contribution in [-0.4, -0.2) is 10.2 Å². The summed E-state index contributed by atoms with van der Waals surface area (Å²) in [5.41, 5.74) is 0.507. The first kappa shape index (κ1) is 22.6. The Hall–Kier alpha value is -3.15. The lowest BCUT2D eigenvalue weighted by Crippen LogP contribution is -1.98. The van der Waals surface area contributed by atoms with Crippen molar-refractivity contribution in [3.8, 4) is 28.3 Å². The van der Waals surface area contributed by atoms with Crippen LogP contribution in [0.1, 0.15) is 17.0 Å². The maximum atomic E-state index is 15.3. The molecule has 0 amide bonds. The fraction of sp³-hybridized carbons (Fsp3) is 0.0417. The second-order valence-corrected chi connectivity index (χ2v) is 9.43. The molecule has 2 heterocycles. The molecule has 0 spiro atoms. The van der Waals surface area contributed by atoms with E-state index in [0.717, 1.165) is 10.1 Å². The van der Waals surface area contributed by atoms with Gasteiger partial charge in [-0.2, -0.15) is 5.26 Å². The molecule has 34 heavy (non-hydrogen) atoms. The predicted octanol–water partition coefficient (Wildman–Crippen LogP) is 8.31. The number of nitrogens with zero attached hydrogens (tertiary/aromatic N) is 3. The van der Waals surface area contributed by atoms with E-state index < -0.39 is 5.82 Å². The van der Waals surface area contributed by atoms with E-state index in [1.807, 2.05) is 30.3 Å². The Balaban J connectivity index is 1.44. The number of hydrogen-bond donors (Lipinski definition) is 0. The van der Waals surface area contributed by atoms with Gasteiger partial charge in [0.05, 0.1) is 28.1 Å². The maximum Gasteiger partial charge on any atom is 0.259 e. The lowest BCUT2D eigenvalue weighted by atomic mass is 10.1. The third kappa shape index (κ3) is 4.33. The Morgan fingerprint density at radius 2 is 1.88 bits per heavy atom. The van der Waals surface area contributed by atoms with Crippen molar-refractivity contribution in [3.05, 3.63) is 92.5 Å². The number of fused-ring (bicyclic) bond motifs is 1. The SMILES string of the molecule is N#Cc1cc(Cl)cc(Oc2c(Cl)ccc(Cc3nnc(-c4sc5ccccc5c4Cl)o3)c2F)c1. The molecule has 0 aliphatic heterocycles. The van der Waals surface area contributed by atoms with Gasteiger partial charge in [-0.3, -0.25) is 0 Å². The number of thiophene rings is 1. The van der Waals surface area contributed by atoms with Crippen molar-refractivity contribution in [3.63, 3.8) is 0 Å². The zero-order valence-corrected chi connectivity index (χ0v) is 20.1. The fourth-order valence-corrected chi connectivity index (χ4v) is 5.18. The quantitative estimate of drug-likeness (QED) is 0.228. The Morgan fingerprint density at radius 1 is 1.06 bits per heavy atom. The summed E-state index contributed by atoms with van der Waals surface area (Å²) in [7, 11) is 0. The summed E-state index contributed by atoms with van der Waals surface area (Å²) in [6, 6.07) is 17.1. The molecule has 5 aromatic rings. The molecule has 0 saturated heterocycles. The van der Waals surface area contributed by atoms with Gasteiger partial charge in [0.2, 0.25) is 5.89 Å². The molecule has 0 unspecified atom stereocenters. The molecule has 0 aliphatic rings. The number of halogens is 4. The number of hydrogen-bond acceptors (Lipinski definition) is 6. The molecular formula is C24H11Cl3FN3O2S. The minimum Gasteiger partial charge on any atom is -0.453 e. The summed E-state index contributed by atoms with van der Waals surface area (Å²) in [4.78, 5) is 0.650. The van der Waals surface area contributed by atoms with Gasteiger partial charge in [-0.1, -0.05) is 59.1 Å². The van der Waals surface area contributed by atoms with E-state index in [9.17, 15) is 0 Å². The largest absolute Gasteiger partial charge is 0.453 e. The molecule has 0 bridgehead atoms. The summed E-state index contributed by atoms with van der Waals surface area (Å²) in [5.74, 6) is -0.245. The summed E-state index contributed by atoms with van der Waals surface area (Å²) in [5, 5.41) is 19.0.